The molecule has 0 saturated carbocycles. The van der Waals surface area contributed by atoms with E-state index >= 15 is 0 Å². The molecule has 1 amide bonds. The first kappa shape index (κ1) is 18.6. The molecule has 3 aliphatic rings. The third-order valence-electron chi connectivity index (χ3n) is 6.26. The molecule has 4 rings (SSSR count). The highest BCUT2D eigenvalue weighted by Gasteiger charge is 2.53. The van der Waals surface area contributed by atoms with E-state index in [4.69, 9.17) is 9.47 Å². The van der Waals surface area contributed by atoms with Gasteiger partial charge in [0, 0.05) is 32.0 Å². The Morgan fingerprint density at radius 2 is 2.15 bits per heavy atom. The number of hydrogen-bond donors (Lipinski definition) is 0. The summed E-state index contributed by atoms with van der Waals surface area (Å²) in [5, 5.41) is 0. The summed E-state index contributed by atoms with van der Waals surface area (Å²) < 4.78 is 11.9. The number of carbonyl (C=O) groups is 1. The number of ether oxygens (including phenoxy) is 2. The van der Waals surface area contributed by atoms with Gasteiger partial charge >= 0.3 is 0 Å². The lowest BCUT2D eigenvalue weighted by Gasteiger charge is -2.50. The van der Waals surface area contributed by atoms with Crippen LogP contribution < -0.4 is 0 Å². The minimum absolute atomic E-state index is 0.114. The van der Waals surface area contributed by atoms with Gasteiger partial charge in [0.2, 0.25) is 5.91 Å². The summed E-state index contributed by atoms with van der Waals surface area (Å²) in [6, 6.07) is 3.97. The standard InChI is InChI=1S/C22H30N2O3/c25-21(14-18-4-2-1-3-5-18)24-16-22(17-24)20(9-13-27-22)8-12-26-15-19-6-10-23-11-7-19/h4,6-7,10-11,20H,1-3,5,8-9,12-17H2/t20-/m0/s1. The van der Waals surface area contributed by atoms with Gasteiger partial charge in [0.05, 0.1) is 19.7 Å². The Morgan fingerprint density at radius 1 is 1.30 bits per heavy atom. The van der Waals surface area contributed by atoms with E-state index in [0.717, 1.165) is 57.6 Å². The first-order valence-corrected chi connectivity index (χ1v) is 10.3. The summed E-state index contributed by atoms with van der Waals surface area (Å²) in [5.41, 5.74) is 2.37. The maximum atomic E-state index is 12.6. The Morgan fingerprint density at radius 3 is 2.93 bits per heavy atom. The van der Waals surface area contributed by atoms with Gasteiger partial charge in [-0.05, 0) is 62.1 Å². The predicted molar refractivity (Wildman–Crippen MR) is 103 cm³/mol. The third-order valence-corrected chi connectivity index (χ3v) is 6.26. The first-order chi connectivity index (χ1) is 13.3. The second-order valence-corrected chi connectivity index (χ2v) is 8.13. The van der Waals surface area contributed by atoms with Crippen LogP contribution in [0.4, 0.5) is 0 Å². The van der Waals surface area contributed by atoms with Crippen LogP contribution in [0.5, 0.6) is 0 Å². The molecule has 0 unspecified atom stereocenters. The molecule has 2 saturated heterocycles. The van der Waals surface area contributed by atoms with Crippen molar-refractivity contribution < 1.29 is 14.3 Å². The van der Waals surface area contributed by atoms with E-state index in [0.29, 0.717) is 18.9 Å². The number of nitrogens with zero attached hydrogens (tertiary/aromatic N) is 2. The molecule has 0 N–H and O–H groups in total. The number of hydrogen-bond acceptors (Lipinski definition) is 4. The van der Waals surface area contributed by atoms with Gasteiger partial charge in [-0.1, -0.05) is 11.6 Å². The van der Waals surface area contributed by atoms with Crippen molar-refractivity contribution in [1.29, 1.82) is 0 Å². The molecule has 1 spiro atoms. The molecule has 0 radical (unpaired) electrons. The van der Waals surface area contributed by atoms with Crippen molar-refractivity contribution in [3.63, 3.8) is 0 Å². The van der Waals surface area contributed by atoms with Crippen LogP contribution in [0.2, 0.25) is 0 Å². The lowest BCUT2D eigenvalue weighted by Crippen LogP contribution is -2.66. The van der Waals surface area contributed by atoms with E-state index in [9.17, 15) is 4.79 Å². The van der Waals surface area contributed by atoms with Gasteiger partial charge in [0.15, 0.2) is 0 Å². The van der Waals surface area contributed by atoms with Crippen molar-refractivity contribution in [2.75, 3.05) is 26.3 Å². The smallest absolute Gasteiger partial charge is 0.226 e. The topological polar surface area (TPSA) is 51.7 Å². The number of aromatic nitrogens is 1. The summed E-state index contributed by atoms with van der Waals surface area (Å²) >= 11 is 0. The SMILES string of the molecule is O=C(CC1=CCCCC1)N1CC2(C1)OCC[C@@H]2CCOCc1ccncc1. The van der Waals surface area contributed by atoms with Crippen LogP contribution in [-0.4, -0.2) is 47.7 Å². The second-order valence-electron chi connectivity index (χ2n) is 8.13. The van der Waals surface area contributed by atoms with Gasteiger partial charge < -0.3 is 14.4 Å². The van der Waals surface area contributed by atoms with Crippen molar-refractivity contribution in [2.24, 2.45) is 5.92 Å². The van der Waals surface area contributed by atoms with Crippen LogP contribution in [0.3, 0.4) is 0 Å². The molecule has 2 fully saturated rings. The van der Waals surface area contributed by atoms with Crippen LogP contribution in [0.25, 0.3) is 0 Å². The summed E-state index contributed by atoms with van der Waals surface area (Å²) in [5.74, 6) is 0.768. The molecule has 1 aromatic heterocycles. The lowest BCUT2D eigenvalue weighted by molar-refractivity contribution is -0.165. The maximum Gasteiger partial charge on any atom is 0.226 e. The second kappa shape index (κ2) is 8.53. The predicted octanol–water partition coefficient (Wildman–Crippen LogP) is 3.50. The Bertz CT molecular complexity index is 667. The molecule has 5 heteroatoms. The maximum absolute atomic E-state index is 12.6. The first-order valence-electron chi connectivity index (χ1n) is 10.3. The zero-order valence-electron chi connectivity index (χ0n) is 16.1. The summed E-state index contributed by atoms with van der Waals surface area (Å²) in [6.45, 7) is 3.69. The normalized spacial score (nSPS) is 23.9. The van der Waals surface area contributed by atoms with Crippen molar-refractivity contribution in [3.8, 4) is 0 Å². The Labute approximate surface area is 161 Å². The van der Waals surface area contributed by atoms with Gasteiger partial charge in [0.1, 0.15) is 5.60 Å². The minimum atomic E-state index is -0.114. The van der Waals surface area contributed by atoms with E-state index < -0.39 is 0 Å². The van der Waals surface area contributed by atoms with Crippen molar-refractivity contribution in [3.05, 3.63) is 41.7 Å². The fourth-order valence-electron chi connectivity index (χ4n) is 4.58. The Balaban J connectivity index is 1.21. The van der Waals surface area contributed by atoms with E-state index in [1.807, 2.05) is 17.0 Å². The molecule has 27 heavy (non-hydrogen) atoms. The van der Waals surface area contributed by atoms with Crippen molar-refractivity contribution >= 4 is 5.91 Å². The number of pyridine rings is 1. The van der Waals surface area contributed by atoms with Gasteiger partial charge in [-0.2, -0.15) is 0 Å². The molecular weight excluding hydrogens is 340 g/mol. The third kappa shape index (κ3) is 4.41. The number of carbonyl (C=O) groups excluding carboxylic acids is 1. The monoisotopic (exact) mass is 370 g/mol. The number of likely N-dealkylation sites (tertiary alicyclic amines) is 1. The lowest BCUT2D eigenvalue weighted by atomic mass is 9.78. The molecule has 0 bridgehead atoms. The van der Waals surface area contributed by atoms with Crippen LogP contribution in [-0.2, 0) is 20.9 Å². The van der Waals surface area contributed by atoms with Gasteiger partial charge in [-0.3, -0.25) is 9.78 Å². The Kier molecular flexibility index (Phi) is 5.89. The van der Waals surface area contributed by atoms with Crippen LogP contribution >= 0.6 is 0 Å². The molecule has 0 aromatic carbocycles. The largest absolute Gasteiger partial charge is 0.377 e. The zero-order chi connectivity index (χ0) is 18.5. The molecule has 3 heterocycles. The van der Waals surface area contributed by atoms with Gasteiger partial charge in [-0.25, -0.2) is 0 Å². The fraction of sp³-hybridized carbons (Fsp3) is 0.636. The quantitative estimate of drug-likeness (QED) is 0.545. The molecule has 1 aliphatic carbocycles. The number of amides is 1. The summed E-state index contributed by atoms with van der Waals surface area (Å²) in [7, 11) is 0. The molecule has 1 aromatic rings. The van der Waals surface area contributed by atoms with E-state index in [1.165, 1.54) is 18.4 Å². The highest BCUT2D eigenvalue weighted by atomic mass is 16.5. The molecule has 146 valence electrons. The number of allylic oxidation sites excluding steroid dienone is 1. The highest BCUT2D eigenvalue weighted by molar-refractivity contribution is 5.80. The summed E-state index contributed by atoms with van der Waals surface area (Å²) in [4.78, 5) is 18.6. The van der Waals surface area contributed by atoms with Crippen molar-refractivity contribution in [1.82, 2.24) is 9.88 Å². The van der Waals surface area contributed by atoms with Gasteiger partial charge in [0.25, 0.3) is 0 Å². The fourth-order valence-corrected chi connectivity index (χ4v) is 4.58. The molecule has 2 aliphatic heterocycles. The van der Waals surface area contributed by atoms with E-state index in [-0.39, 0.29) is 11.5 Å². The average molecular weight is 370 g/mol. The van der Waals surface area contributed by atoms with Crippen LogP contribution in [0.15, 0.2) is 36.2 Å². The molecule has 5 nitrogen and oxygen atoms in total. The Hall–Kier alpha value is -1.72. The van der Waals surface area contributed by atoms with Crippen LogP contribution in [0.1, 0.15) is 50.5 Å². The highest BCUT2D eigenvalue weighted by Crippen LogP contribution is 2.42. The minimum Gasteiger partial charge on any atom is -0.377 e. The zero-order valence-corrected chi connectivity index (χ0v) is 16.1. The van der Waals surface area contributed by atoms with Crippen LogP contribution in [0, 0.1) is 5.92 Å². The average Bonchev–Trinajstić information content (AvgIpc) is 3.10. The summed E-state index contributed by atoms with van der Waals surface area (Å²) in [6.07, 6.45) is 13.3. The van der Waals surface area contributed by atoms with E-state index in [2.05, 4.69) is 11.1 Å². The molecule has 1 atom stereocenters. The van der Waals surface area contributed by atoms with Gasteiger partial charge in [-0.15, -0.1) is 0 Å². The van der Waals surface area contributed by atoms with Crippen molar-refractivity contribution in [2.45, 2.75) is 57.2 Å². The molecular formula is C22H30N2O3. The van der Waals surface area contributed by atoms with E-state index in [1.54, 1.807) is 12.4 Å². The number of rotatable bonds is 7.